The van der Waals surface area contributed by atoms with Crippen molar-refractivity contribution in [3.05, 3.63) is 71.8 Å². The molecule has 0 unspecified atom stereocenters. The lowest BCUT2D eigenvalue weighted by molar-refractivity contribution is -0.161. The Morgan fingerprint density at radius 1 is 0.951 bits per heavy atom. The first-order chi connectivity index (χ1) is 19.9. The first-order valence-corrected chi connectivity index (χ1v) is 14.6. The number of nitrogens with one attached hydrogen (secondary N) is 3. The topological polar surface area (TPSA) is 120 Å². The summed E-state index contributed by atoms with van der Waals surface area (Å²) < 4.78 is 5.22. The smallest absolute Gasteiger partial charge is 0.407 e. The predicted molar refractivity (Wildman–Crippen MR) is 155 cm³/mol. The largest absolute Gasteiger partial charge is 0.445 e. The molecule has 2 fully saturated rings. The quantitative estimate of drug-likeness (QED) is 0.361. The number of piperidine rings is 1. The fourth-order valence-corrected chi connectivity index (χ4v) is 5.52. The van der Waals surface area contributed by atoms with E-state index in [4.69, 9.17) is 4.74 Å². The van der Waals surface area contributed by atoms with E-state index in [-0.39, 0.29) is 24.5 Å². The molecule has 4 rings (SSSR count). The number of urea groups is 1. The molecule has 2 aromatic carbocycles. The van der Waals surface area contributed by atoms with Gasteiger partial charge in [-0.15, -0.1) is 0 Å². The highest BCUT2D eigenvalue weighted by Crippen LogP contribution is 2.34. The van der Waals surface area contributed by atoms with Crippen LogP contribution in [0.15, 0.2) is 60.7 Å². The lowest BCUT2D eigenvalue weighted by Crippen LogP contribution is -2.73. The van der Waals surface area contributed by atoms with E-state index in [1.54, 1.807) is 9.80 Å². The minimum absolute atomic E-state index is 0.0661. The number of hydrogen-bond donors (Lipinski definition) is 3. The Morgan fingerprint density at radius 3 is 2.27 bits per heavy atom. The molecule has 10 nitrogen and oxygen atoms in total. The molecule has 2 aliphatic rings. The monoisotopic (exact) mass is 563 g/mol. The molecule has 0 saturated carbocycles. The second kappa shape index (κ2) is 14.5. The number of nitrogens with zero attached hydrogens (tertiary/aromatic N) is 2. The number of piperazine rings is 1. The van der Waals surface area contributed by atoms with Gasteiger partial charge >= 0.3 is 12.1 Å². The van der Waals surface area contributed by atoms with Gasteiger partial charge in [-0.25, -0.2) is 9.59 Å². The maximum atomic E-state index is 13.5. The van der Waals surface area contributed by atoms with Crippen molar-refractivity contribution in [1.29, 1.82) is 0 Å². The van der Waals surface area contributed by atoms with Gasteiger partial charge in [0.2, 0.25) is 11.8 Å². The number of benzene rings is 2. The number of unbranched alkanes of at least 4 members (excludes halogenated alkanes) is 1. The van der Waals surface area contributed by atoms with Crippen molar-refractivity contribution >= 4 is 23.9 Å². The summed E-state index contributed by atoms with van der Waals surface area (Å²) in [4.78, 5) is 55.2. The lowest BCUT2D eigenvalue weighted by atomic mass is 9.81. The van der Waals surface area contributed by atoms with Crippen LogP contribution in [0.5, 0.6) is 0 Å². The molecular formula is C31H41N5O5. The number of carbonyl (C=O) groups is 4. The Kier molecular flexibility index (Phi) is 10.6. The third kappa shape index (κ3) is 7.77. The number of amides is 5. The summed E-state index contributed by atoms with van der Waals surface area (Å²) in [5, 5.41) is 8.67. The molecule has 41 heavy (non-hydrogen) atoms. The third-order valence-electron chi connectivity index (χ3n) is 7.82. The number of alkyl carbamates (subject to hydrolysis) is 1. The van der Waals surface area contributed by atoms with Crippen LogP contribution in [0.4, 0.5) is 9.59 Å². The molecule has 0 radical (unpaired) electrons. The molecule has 2 heterocycles. The van der Waals surface area contributed by atoms with Gasteiger partial charge in [-0.3, -0.25) is 9.59 Å². The van der Waals surface area contributed by atoms with Crippen molar-refractivity contribution in [3.63, 3.8) is 0 Å². The molecule has 2 saturated heterocycles. The van der Waals surface area contributed by atoms with Crippen molar-refractivity contribution in [2.24, 2.45) is 0 Å². The average molecular weight is 564 g/mol. The van der Waals surface area contributed by atoms with Crippen LogP contribution in [0.1, 0.15) is 56.6 Å². The van der Waals surface area contributed by atoms with Gasteiger partial charge in [-0.05, 0) is 49.7 Å². The van der Waals surface area contributed by atoms with E-state index < -0.39 is 17.7 Å². The normalized spacial score (nSPS) is 18.1. The molecule has 220 valence electrons. The van der Waals surface area contributed by atoms with E-state index >= 15 is 0 Å². The van der Waals surface area contributed by atoms with Gasteiger partial charge in [0.25, 0.3) is 0 Å². The molecule has 10 heteroatoms. The van der Waals surface area contributed by atoms with Crippen LogP contribution in [0, 0.1) is 0 Å². The highest BCUT2D eigenvalue weighted by atomic mass is 16.5. The molecule has 0 aromatic heterocycles. The van der Waals surface area contributed by atoms with Crippen LogP contribution >= 0.6 is 0 Å². The summed E-state index contributed by atoms with van der Waals surface area (Å²) in [6.07, 6.45) is 2.89. The molecule has 2 aliphatic heterocycles. The summed E-state index contributed by atoms with van der Waals surface area (Å²) in [5.41, 5.74) is 1.01. The summed E-state index contributed by atoms with van der Waals surface area (Å²) >= 11 is 0. The Labute approximate surface area is 241 Å². The number of hydrogen-bond acceptors (Lipinski definition) is 5. The van der Waals surface area contributed by atoms with Gasteiger partial charge in [-0.2, -0.15) is 0 Å². The molecule has 2 aromatic rings. The predicted octanol–water partition coefficient (Wildman–Crippen LogP) is 3.56. The van der Waals surface area contributed by atoms with E-state index in [0.29, 0.717) is 64.8 Å². The van der Waals surface area contributed by atoms with Crippen molar-refractivity contribution in [3.8, 4) is 0 Å². The standard InChI is InChI=1S/C31H41N5O5/c1-2-19-36-27(37)26(15-9-10-18-32-30(40)41-23-25-13-7-4-8-14-25)34-28(38)31(36)16-20-35(21-17-31)29(39)33-22-24-11-5-3-6-12-24/h3-8,11-14,26H,2,9-10,15-23H2,1H3,(H,32,40)(H,33,39)(H,34,38)/t26-/m0/s1. The van der Waals surface area contributed by atoms with Crippen molar-refractivity contribution in [2.75, 3.05) is 26.2 Å². The zero-order valence-electron chi connectivity index (χ0n) is 23.8. The lowest BCUT2D eigenvalue weighted by Gasteiger charge is -2.51. The Bertz CT molecular complexity index is 1170. The third-order valence-corrected chi connectivity index (χ3v) is 7.82. The fourth-order valence-electron chi connectivity index (χ4n) is 5.52. The van der Waals surface area contributed by atoms with Gasteiger partial charge in [-0.1, -0.05) is 67.6 Å². The van der Waals surface area contributed by atoms with Crippen molar-refractivity contribution in [1.82, 2.24) is 25.8 Å². The van der Waals surface area contributed by atoms with Gasteiger partial charge in [0.1, 0.15) is 18.2 Å². The Balaban J connectivity index is 1.22. The molecule has 3 N–H and O–H groups in total. The number of rotatable bonds is 11. The maximum absolute atomic E-state index is 13.5. The fraction of sp³-hybridized carbons (Fsp3) is 0.484. The van der Waals surface area contributed by atoms with Gasteiger partial charge in [0.15, 0.2) is 0 Å². The van der Waals surface area contributed by atoms with Gasteiger partial charge in [0.05, 0.1) is 0 Å². The molecule has 1 spiro atoms. The van der Waals surface area contributed by atoms with Crippen LogP contribution in [-0.4, -0.2) is 71.5 Å². The van der Waals surface area contributed by atoms with E-state index in [9.17, 15) is 19.2 Å². The van der Waals surface area contributed by atoms with Crippen LogP contribution in [0.3, 0.4) is 0 Å². The van der Waals surface area contributed by atoms with Crippen LogP contribution in [0.25, 0.3) is 0 Å². The van der Waals surface area contributed by atoms with Gasteiger partial charge < -0.3 is 30.5 Å². The van der Waals surface area contributed by atoms with E-state index in [2.05, 4.69) is 16.0 Å². The summed E-state index contributed by atoms with van der Waals surface area (Å²) in [7, 11) is 0. The number of ether oxygens (including phenoxy) is 1. The minimum Gasteiger partial charge on any atom is -0.445 e. The van der Waals surface area contributed by atoms with Crippen LogP contribution in [0.2, 0.25) is 0 Å². The second-order valence-electron chi connectivity index (χ2n) is 10.7. The molecule has 0 bridgehead atoms. The highest BCUT2D eigenvalue weighted by Gasteiger charge is 2.53. The minimum atomic E-state index is -0.927. The Hall–Kier alpha value is -4.08. The molecule has 0 aliphatic carbocycles. The first kappa shape index (κ1) is 29.9. The van der Waals surface area contributed by atoms with Crippen molar-refractivity contribution in [2.45, 2.75) is 70.2 Å². The van der Waals surface area contributed by atoms with Crippen LogP contribution < -0.4 is 16.0 Å². The summed E-state index contributed by atoms with van der Waals surface area (Å²) in [6, 6.07) is 18.4. The van der Waals surface area contributed by atoms with Gasteiger partial charge in [0, 0.05) is 32.7 Å². The Morgan fingerprint density at radius 2 is 1.61 bits per heavy atom. The summed E-state index contributed by atoms with van der Waals surface area (Å²) in [5.74, 6) is -0.203. The van der Waals surface area contributed by atoms with E-state index in [1.807, 2.05) is 67.6 Å². The molecule has 5 amide bonds. The van der Waals surface area contributed by atoms with Crippen molar-refractivity contribution < 1.29 is 23.9 Å². The first-order valence-electron chi connectivity index (χ1n) is 14.6. The van der Waals surface area contributed by atoms with E-state index in [1.165, 1.54) is 0 Å². The van der Waals surface area contributed by atoms with E-state index in [0.717, 1.165) is 17.5 Å². The number of likely N-dealkylation sites (tertiary alicyclic amines) is 1. The zero-order chi connectivity index (χ0) is 29.1. The SMILES string of the molecule is CCCN1C(=O)[C@H](CCCCNC(=O)OCc2ccccc2)NC(=O)C12CCN(C(=O)NCc1ccccc1)CC2. The highest BCUT2D eigenvalue weighted by molar-refractivity contribution is 6.00. The molecule has 1 atom stereocenters. The zero-order valence-corrected chi connectivity index (χ0v) is 23.8. The second-order valence-corrected chi connectivity index (χ2v) is 10.7. The maximum Gasteiger partial charge on any atom is 0.407 e. The van der Waals surface area contributed by atoms with Crippen LogP contribution in [-0.2, 0) is 27.5 Å². The molecular weight excluding hydrogens is 522 g/mol. The summed E-state index contributed by atoms with van der Waals surface area (Å²) in [6.45, 7) is 4.37. The average Bonchev–Trinajstić information content (AvgIpc) is 3.00. The number of carbonyl (C=O) groups excluding carboxylic acids is 4.